The minimum absolute atomic E-state index is 0.0572. The molecule has 4 aromatic rings. The van der Waals surface area contributed by atoms with E-state index >= 15 is 0 Å². The van der Waals surface area contributed by atoms with Crippen LogP contribution >= 0.6 is 0 Å². The van der Waals surface area contributed by atoms with Crippen LogP contribution in [0.2, 0.25) is 0 Å². The van der Waals surface area contributed by atoms with Gasteiger partial charge in [-0.2, -0.15) is 0 Å². The second kappa shape index (κ2) is 9.70. The van der Waals surface area contributed by atoms with Gasteiger partial charge in [-0.25, -0.2) is 0 Å². The largest absolute Gasteiger partial charge is 0.507 e. The van der Waals surface area contributed by atoms with E-state index in [1.165, 1.54) is 0 Å². The minimum atomic E-state index is -0.261. The summed E-state index contributed by atoms with van der Waals surface area (Å²) in [7, 11) is 0. The Labute approximate surface area is 217 Å². The predicted octanol–water partition coefficient (Wildman–Crippen LogP) is 7.28. The molecule has 3 unspecified atom stereocenters. The molecular formula is C33H30N2O2. The van der Waals surface area contributed by atoms with Gasteiger partial charge in [0.15, 0.2) is 0 Å². The van der Waals surface area contributed by atoms with Crippen molar-refractivity contribution in [1.29, 1.82) is 0 Å². The highest BCUT2D eigenvalue weighted by Gasteiger charge is 2.52. The van der Waals surface area contributed by atoms with Crippen molar-refractivity contribution in [1.82, 2.24) is 0 Å². The van der Waals surface area contributed by atoms with Crippen molar-refractivity contribution in [2.45, 2.75) is 37.3 Å². The van der Waals surface area contributed by atoms with E-state index in [9.17, 15) is 10.2 Å². The smallest absolute Gasteiger partial charge is 0.124 e. The van der Waals surface area contributed by atoms with Crippen molar-refractivity contribution in [3.63, 3.8) is 0 Å². The van der Waals surface area contributed by atoms with Crippen molar-refractivity contribution < 1.29 is 10.2 Å². The Hall–Kier alpha value is -4.18. The Balaban J connectivity index is 1.27. The summed E-state index contributed by atoms with van der Waals surface area (Å²) in [5, 5.41) is 21.0. The molecule has 4 heteroatoms. The molecule has 0 saturated heterocycles. The lowest BCUT2D eigenvalue weighted by Gasteiger charge is -2.28. The molecule has 2 fully saturated rings. The fourth-order valence-electron chi connectivity index (χ4n) is 5.90. The predicted molar refractivity (Wildman–Crippen MR) is 151 cm³/mol. The Morgan fingerprint density at radius 3 is 1.81 bits per heavy atom. The number of aliphatic imine (C=N–C) groups is 2. The zero-order valence-electron chi connectivity index (χ0n) is 20.7. The molecule has 0 radical (unpaired) electrons. The molecular weight excluding hydrogens is 456 g/mol. The van der Waals surface area contributed by atoms with Gasteiger partial charge in [-0.05, 0) is 78.1 Å². The molecule has 0 spiro atoms. The van der Waals surface area contributed by atoms with Crippen molar-refractivity contribution in [2.24, 2.45) is 15.9 Å². The van der Waals surface area contributed by atoms with Crippen LogP contribution in [0.1, 0.15) is 36.8 Å². The zero-order valence-corrected chi connectivity index (χ0v) is 20.7. The van der Waals surface area contributed by atoms with Crippen LogP contribution in [-0.4, -0.2) is 34.2 Å². The van der Waals surface area contributed by atoms with E-state index in [1.807, 2.05) is 73.1 Å². The van der Waals surface area contributed by atoms with Crippen molar-refractivity contribution in [3.8, 4) is 33.8 Å². The van der Waals surface area contributed by atoms with Crippen LogP contribution in [0.5, 0.6) is 11.5 Å². The summed E-state index contributed by atoms with van der Waals surface area (Å²) in [6, 6.07) is 31.7. The van der Waals surface area contributed by atoms with E-state index in [1.54, 1.807) is 12.1 Å². The lowest BCUT2D eigenvalue weighted by molar-refractivity contribution is 0.367. The van der Waals surface area contributed by atoms with Gasteiger partial charge < -0.3 is 10.2 Å². The van der Waals surface area contributed by atoms with E-state index in [4.69, 9.17) is 9.98 Å². The van der Waals surface area contributed by atoms with Crippen molar-refractivity contribution in [3.05, 3.63) is 108 Å². The van der Waals surface area contributed by atoms with Crippen LogP contribution < -0.4 is 0 Å². The zero-order chi connectivity index (χ0) is 25.2. The van der Waals surface area contributed by atoms with E-state index in [0.29, 0.717) is 5.92 Å². The number of hydrogen-bond donors (Lipinski definition) is 2. The monoisotopic (exact) mass is 486 g/mol. The number of nitrogens with zero attached hydrogens (tertiary/aromatic N) is 2. The maximum absolute atomic E-state index is 10.5. The van der Waals surface area contributed by atoms with E-state index < -0.39 is 0 Å². The van der Waals surface area contributed by atoms with Crippen LogP contribution in [0.25, 0.3) is 22.3 Å². The second-order valence-electron chi connectivity index (χ2n) is 10.3. The summed E-state index contributed by atoms with van der Waals surface area (Å²) in [4.78, 5) is 10.1. The average Bonchev–Trinajstić information content (AvgIpc) is 3.52. The highest BCUT2D eigenvalue weighted by Crippen LogP contribution is 2.51. The van der Waals surface area contributed by atoms with Gasteiger partial charge >= 0.3 is 0 Å². The third kappa shape index (κ3) is 4.67. The molecule has 2 aliphatic rings. The number of benzene rings is 4. The molecule has 2 N–H and O–H groups in total. The van der Waals surface area contributed by atoms with Crippen molar-refractivity contribution in [2.75, 3.05) is 0 Å². The standard InChI is InChI=1S/C33H30N2O2/c36-30-13-11-26(24-7-3-1-4-8-24)18-28(30)21-34-32-17-23-15-16-33(32,20-23)35-22-29-19-27(12-14-31(29)37)25-9-5-2-6-10-25/h1-14,18-19,21-23,32,36-37H,15-17,20H2. The third-order valence-corrected chi connectivity index (χ3v) is 7.93. The summed E-state index contributed by atoms with van der Waals surface area (Å²) in [5.41, 5.74) is 5.50. The Bertz CT molecular complexity index is 1460. The molecule has 37 heavy (non-hydrogen) atoms. The SMILES string of the molecule is Oc1ccc(-c2ccccc2)cc1C=NC1CC2CCC1(N=Cc1cc(-c3ccccc3)ccc1O)C2. The second-order valence-corrected chi connectivity index (χ2v) is 10.3. The molecule has 3 atom stereocenters. The molecule has 184 valence electrons. The first-order valence-corrected chi connectivity index (χ1v) is 12.9. The lowest BCUT2D eigenvalue weighted by atomic mass is 9.89. The highest BCUT2D eigenvalue weighted by molar-refractivity contribution is 5.87. The molecule has 2 aliphatic carbocycles. The number of hydrogen-bond acceptors (Lipinski definition) is 4. The Kier molecular flexibility index (Phi) is 6.09. The van der Waals surface area contributed by atoms with E-state index in [0.717, 1.165) is 59.1 Å². The third-order valence-electron chi connectivity index (χ3n) is 7.93. The first-order chi connectivity index (χ1) is 18.1. The molecule has 2 bridgehead atoms. The van der Waals surface area contributed by atoms with Crippen molar-refractivity contribution >= 4 is 12.4 Å². The fourth-order valence-corrected chi connectivity index (χ4v) is 5.90. The maximum atomic E-state index is 10.5. The molecule has 0 aromatic heterocycles. The van der Waals surface area contributed by atoms with E-state index in [-0.39, 0.29) is 23.1 Å². The fraction of sp³-hybridized carbons (Fsp3) is 0.212. The minimum Gasteiger partial charge on any atom is -0.507 e. The number of fused-ring (bicyclic) bond motifs is 2. The molecule has 4 nitrogen and oxygen atoms in total. The summed E-state index contributed by atoms with van der Waals surface area (Å²) in [6.45, 7) is 0. The molecule has 6 rings (SSSR count). The number of phenols is 2. The summed E-state index contributed by atoms with van der Waals surface area (Å²) >= 11 is 0. The van der Waals surface area contributed by atoms with Gasteiger partial charge in [0.05, 0.1) is 11.6 Å². The quantitative estimate of drug-likeness (QED) is 0.281. The molecule has 4 aromatic carbocycles. The van der Waals surface area contributed by atoms with Crippen LogP contribution in [-0.2, 0) is 0 Å². The van der Waals surface area contributed by atoms with Gasteiger partial charge in [-0.3, -0.25) is 9.98 Å². The van der Waals surface area contributed by atoms with E-state index in [2.05, 4.69) is 24.3 Å². The average molecular weight is 487 g/mol. The topological polar surface area (TPSA) is 65.2 Å². The summed E-state index contributed by atoms with van der Waals surface area (Å²) in [6.07, 6.45) is 7.83. The molecule has 0 heterocycles. The number of aromatic hydroxyl groups is 2. The normalized spacial score (nSPS) is 22.8. The number of rotatable bonds is 6. The van der Waals surface area contributed by atoms with Crippen LogP contribution in [0.3, 0.4) is 0 Å². The Morgan fingerprint density at radius 2 is 1.24 bits per heavy atom. The van der Waals surface area contributed by atoms with Gasteiger partial charge in [0, 0.05) is 23.6 Å². The molecule has 2 saturated carbocycles. The first-order valence-electron chi connectivity index (χ1n) is 12.9. The molecule has 0 aliphatic heterocycles. The van der Waals surface area contributed by atoms with Crippen LogP contribution in [0.4, 0.5) is 0 Å². The number of phenolic OH excluding ortho intramolecular Hbond substituents is 2. The molecule has 0 amide bonds. The Morgan fingerprint density at radius 1 is 0.676 bits per heavy atom. The summed E-state index contributed by atoms with van der Waals surface area (Å²) < 4.78 is 0. The van der Waals surface area contributed by atoms with Crippen LogP contribution in [0, 0.1) is 5.92 Å². The van der Waals surface area contributed by atoms with Crippen LogP contribution in [0.15, 0.2) is 107 Å². The maximum Gasteiger partial charge on any atom is 0.124 e. The van der Waals surface area contributed by atoms with Gasteiger partial charge in [0.2, 0.25) is 0 Å². The highest BCUT2D eigenvalue weighted by atomic mass is 16.3. The van der Waals surface area contributed by atoms with Gasteiger partial charge in [-0.1, -0.05) is 72.8 Å². The summed E-state index contributed by atoms with van der Waals surface area (Å²) in [5.74, 6) is 1.08. The first kappa shape index (κ1) is 23.2. The van der Waals surface area contributed by atoms with Gasteiger partial charge in [-0.15, -0.1) is 0 Å². The lowest BCUT2D eigenvalue weighted by Crippen LogP contribution is -2.34. The van der Waals surface area contributed by atoms with Gasteiger partial charge in [0.25, 0.3) is 0 Å². The van der Waals surface area contributed by atoms with Gasteiger partial charge in [0.1, 0.15) is 11.5 Å².